The molecule has 0 bridgehead atoms. The number of carbonyl (C=O) groups is 1. The summed E-state index contributed by atoms with van der Waals surface area (Å²) in [6.07, 6.45) is 0.967. The van der Waals surface area contributed by atoms with Gasteiger partial charge in [-0.1, -0.05) is 6.92 Å². The highest BCUT2D eigenvalue weighted by Gasteiger charge is 2.38. The molecule has 0 N–H and O–H groups in total. The van der Waals surface area contributed by atoms with Crippen molar-refractivity contribution >= 4 is 5.97 Å². The Hall–Kier alpha value is -1.42. The first-order valence-electron chi connectivity index (χ1n) is 6.25. The third-order valence-corrected chi connectivity index (χ3v) is 3.39. The molecular weight excluding hydrogens is 230 g/mol. The Bertz CT molecular complexity index is 427. The summed E-state index contributed by atoms with van der Waals surface area (Å²) in [5.41, 5.74) is 2.28. The molecule has 4 nitrogen and oxygen atoms in total. The third kappa shape index (κ3) is 2.70. The van der Waals surface area contributed by atoms with Crippen LogP contribution < -0.4 is 0 Å². The van der Waals surface area contributed by atoms with Gasteiger partial charge in [-0.25, -0.2) is 4.79 Å². The van der Waals surface area contributed by atoms with E-state index in [1.165, 1.54) is 0 Å². The molecule has 0 amide bonds. The smallest absolute Gasteiger partial charge is 0.338 e. The Labute approximate surface area is 107 Å². The molecule has 0 unspecified atom stereocenters. The van der Waals surface area contributed by atoms with Gasteiger partial charge in [0, 0.05) is 11.4 Å². The maximum Gasteiger partial charge on any atom is 0.338 e. The van der Waals surface area contributed by atoms with E-state index in [0.717, 1.165) is 17.8 Å². The summed E-state index contributed by atoms with van der Waals surface area (Å²) in [7, 11) is 0. The third-order valence-electron chi connectivity index (χ3n) is 3.39. The lowest BCUT2D eigenvalue weighted by Crippen LogP contribution is -2.46. The minimum atomic E-state index is -0.275. The van der Waals surface area contributed by atoms with Crippen molar-refractivity contribution in [2.75, 3.05) is 19.8 Å². The Morgan fingerprint density at radius 1 is 1.39 bits per heavy atom. The molecule has 0 radical (unpaired) electrons. The van der Waals surface area contributed by atoms with Crippen molar-refractivity contribution in [1.82, 2.24) is 4.98 Å². The van der Waals surface area contributed by atoms with Crippen molar-refractivity contribution in [2.24, 2.45) is 5.41 Å². The normalized spacial score (nSPS) is 17.1. The van der Waals surface area contributed by atoms with Crippen LogP contribution in [0.15, 0.2) is 12.1 Å². The van der Waals surface area contributed by atoms with E-state index < -0.39 is 0 Å². The first-order valence-corrected chi connectivity index (χ1v) is 6.25. The molecule has 1 fully saturated rings. The van der Waals surface area contributed by atoms with Gasteiger partial charge in [-0.15, -0.1) is 0 Å². The number of hydrogen-bond donors (Lipinski definition) is 0. The van der Waals surface area contributed by atoms with Crippen LogP contribution in [-0.2, 0) is 9.47 Å². The highest BCUT2D eigenvalue weighted by molar-refractivity contribution is 5.89. The zero-order valence-electron chi connectivity index (χ0n) is 11.2. The summed E-state index contributed by atoms with van der Waals surface area (Å²) in [4.78, 5) is 16.2. The summed E-state index contributed by atoms with van der Waals surface area (Å²) in [6.45, 7) is 7.64. The average molecular weight is 249 g/mol. The molecule has 1 saturated heterocycles. The van der Waals surface area contributed by atoms with E-state index in [0.29, 0.717) is 25.4 Å². The van der Waals surface area contributed by atoms with Crippen LogP contribution in [0.1, 0.15) is 35.1 Å². The van der Waals surface area contributed by atoms with Crippen molar-refractivity contribution in [1.29, 1.82) is 0 Å². The number of aromatic nitrogens is 1. The van der Waals surface area contributed by atoms with Crippen molar-refractivity contribution in [3.05, 3.63) is 29.1 Å². The van der Waals surface area contributed by atoms with Crippen LogP contribution in [0.3, 0.4) is 0 Å². The molecule has 0 aliphatic carbocycles. The first kappa shape index (κ1) is 13.0. The Morgan fingerprint density at radius 3 is 2.44 bits per heavy atom. The van der Waals surface area contributed by atoms with Gasteiger partial charge < -0.3 is 9.47 Å². The monoisotopic (exact) mass is 249 g/mol. The van der Waals surface area contributed by atoms with Crippen LogP contribution in [-0.4, -0.2) is 30.8 Å². The summed E-state index contributed by atoms with van der Waals surface area (Å²) < 4.78 is 10.6. The van der Waals surface area contributed by atoms with Gasteiger partial charge in [-0.05, 0) is 32.4 Å². The van der Waals surface area contributed by atoms with Gasteiger partial charge in [-0.3, -0.25) is 4.98 Å². The molecule has 1 aliphatic heterocycles. The zero-order chi connectivity index (χ0) is 13.2. The number of nitrogens with zero attached hydrogens (tertiary/aromatic N) is 1. The fourth-order valence-electron chi connectivity index (χ4n) is 2.03. The summed E-state index contributed by atoms with van der Waals surface area (Å²) in [5, 5.41) is 0. The van der Waals surface area contributed by atoms with Crippen LogP contribution in [0, 0.1) is 19.3 Å². The zero-order valence-corrected chi connectivity index (χ0v) is 11.2. The van der Waals surface area contributed by atoms with Crippen LogP contribution in [0.2, 0.25) is 0 Å². The molecule has 0 saturated carbocycles. The highest BCUT2D eigenvalue weighted by atomic mass is 16.5. The van der Waals surface area contributed by atoms with Gasteiger partial charge in [0.1, 0.15) is 6.61 Å². The number of rotatable bonds is 4. The molecule has 0 spiro atoms. The van der Waals surface area contributed by atoms with E-state index in [4.69, 9.17) is 9.47 Å². The van der Waals surface area contributed by atoms with E-state index >= 15 is 0 Å². The van der Waals surface area contributed by atoms with E-state index in [1.807, 2.05) is 13.8 Å². The Morgan fingerprint density at radius 2 is 2.00 bits per heavy atom. The quantitative estimate of drug-likeness (QED) is 0.768. The average Bonchev–Trinajstić information content (AvgIpc) is 2.26. The first-order chi connectivity index (χ1) is 8.54. The molecule has 1 aromatic rings. The van der Waals surface area contributed by atoms with Crippen LogP contribution >= 0.6 is 0 Å². The van der Waals surface area contributed by atoms with Gasteiger partial charge in [0.25, 0.3) is 0 Å². The summed E-state index contributed by atoms with van der Waals surface area (Å²) in [5.74, 6) is -0.275. The summed E-state index contributed by atoms with van der Waals surface area (Å²) in [6, 6.07) is 3.51. The van der Waals surface area contributed by atoms with E-state index in [2.05, 4.69) is 11.9 Å². The Balaban J connectivity index is 1.99. The maximum absolute atomic E-state index is 12.0. The Kier molecular flexibility index (Phi) is 3.66. The van der Waals surface area contributed by atoms with Gasteiger partial charge in [0.05, 0.1) is 24.2 Å². The fraction of sp³-hybridized carbons (Fsp3) is 0.571. The topological polar surface area (TPSA) is 48.4 Å². The van der Waals surface area contributed by atoms with Crippen LogP contribution in [0.25, 0.3) is 0 Å². The van der Waals surface area contributed by atoms with Gasteiger partial charge in [0.15, 0.2) is 0 Å². The minimum Gasteiger partial charge on any atom is -0.461 e. The second-order valence-electron chi connectivity index (χ2n) is 5.06. The van der Waals surface area contributed by atoms with Crippen molar-refractivity contribution in [3.63, 3.8) is 0 Å². The van der Waals surface area contributed by atoms with Gasteiger partial charge in [-0.2, -0.15) is 0 Å². The predicted molar refractivity (Wildman–Crippen MR) is 67.5 cm³/mol. The highest BCUT2D eigenvalue weighted by Crippen LogP contribution is 2.31. The van der Waals surface area contributed by atoms with Crippen LogP contribution in [0.4, 0.5) is 0 Å². The van der Waals surface area contributed by atoms with Gasteiger partial charge in [0.2, 0.25) is 0 Å². The predicted octanol–water partition coefficient (Wildman–Crippen LogP) is 2.28. The molecule has 1 aliphatic rings. The van der Waals surface area contributed by atoms with Crippen molar-refractivity contribution < 1.29 is 14.3 Å². The number of aryl methyl sites for hydroxylation is 2. The SMILES string of the molecule is CCC1(COC(=O)c2cc(C)nc(C)c2)COC1. The summed E-state index contributed by atoms with van der Waals surface area (Å²) >= 11 is 0. The van der Waals surface area contributed by atoms with Crippen LogP contribution in [0.5, 0.6) is 0 Å². The molecule has 2 rings (SSSR count). The number of hydrogen-bond acceptors (Lipinski definition) is 4. The molecule has 4 heteroatoms. The lowest BCUT2D eigenvalue weighted by Gasteiger charge is -2.39. The number of ether oxygens (including phenoxy) is 2. The second kappa shape index (κ2) is 5.06. The van der Waals surface area contributed by atoms with E-state index in [1.54, 1.807) is 12.1 Å². The fourth-order valence-corrected chi connectivity index (χ4v) is 2.03. The molecule has 0 aromatic carbocycles. The lowest BCUT2D eigenvalue weighted by atomic mass is 9.84. The molecule has 0 atom stereocenters. The standard InChI is InChI=1S/C14H19NO3/c1-4-14(7-17-8-14)9-18-13(16)12-5-10(2)15-11(3)6-12/h5-6H,4,7-9H2,1-3H3. The van der Waals surface area contributed by atoms with Gasteiger partial charge >= 0.3 is 5.97 Å². The molecular formula is C14H19NO3. The molecule has 1 aromatic heterocycles. The minimum absolute atomic E-state index is 0.0345. The molecule has 2 heterocycles. The number of pyridine rings is 1. The maximum atomic E-state index is 12.0. The van der Waals surface area contributed by atoms with E-state index in [9.17, 15) is 4.79 Å². The largest absolute Gasteiger partial charge is 0.461 e. The number of esters is 1. The molecule has 18 heavy (non-hydrogen) atoms. The number of carbonyl (C=O) groups excluding carboxylic acids is 1. The molecule has 98 valence electrons. The van der Waals surface area contributed by atoms with E-state index in [-0.39, 0.29) is 11.4 Å². The van der Waals surface area contributed by atoms with Crippen molar-refractivity contribution in [3.8, 4) is 0 Å². The van der Waals surface area contributed by atoms with Crippen molar-refractivity contribution in [2.45, 2.75) is 27.2 Å². The lowest BCUT2D eigenvalue weighted by molar-refractivity contribution is -0.140. The second-order valence-corrected chi connectivity index (χ2v) is 5.06.